The summed E-state index contributed by atoms with van der Waals surface area (Å²) >= 11 is 0. The van der Waals surface area contributed by atoms with E-state index in [0.29, 0.717) is 0 Å². The van der Waals surface area contributed by atoms with E-state index >= 15 is 0 Å². The molecule has 1 fully saturated rings. The number of hydrogen-bond donors (Lipinski definition) is 1. The lowest BCUT2D eigenvalue weighted by molar-refractivity contribution is -0.145. The van der Waals surface area contributed by atoms with Crippen molar-refractivity contribution < 1.29 is 23.2 Å². The summed E-state index contributed by atoms with van der Waals surface area (Å²) in [4.78, 5) is 11.5. The fourth-order valence-electron chi connectivity index (χ4n) is 1.47. The van der Waals surface area contributed by atoms with E-state index in [0.717, 1.165) is 10.6 Å². The van der Waals surface area contributed by atoms with Gasteiger partial charge in [-0.15, -0.1) is 0 Å². The third-order valence-corrected chi connectivity index (χ3v) is 3.51. The molecule has 0 unspecified atom stereocenters. The van der Waals surface area contributed by atoms with Gasteiger partial charge in [-0.1, -0.05) is 5.16 Å². The van der Waals surface area contributed by atoms with Gasteiger partial charge >= 0.3 is 5.97 Å². The summed E-state index contributed by atoms with van der Waals surface area (Å²) in [6.45, 7) is 1.75. The molecule has 0 bridgehead atoms. The van der Waals surface area contributed by atoms with Crippen LogP contribution < -0.4 is 0 Å². The Morgan fingerprint density at radius 2 is 2.31 bits per heavy atom. The Kier molecular flexibility index (Phi) is 3.87. The van der Waals surface area contributed by atoms with Crippen LogP contribution in [0.5, 0.6) is 0 Å². The zero-order valence-electron chi connectivity index (χ0n) is 9.08. The van der Waals surface area contributed by atoms with Crippen molar-refractivity contribution in [2.45, 2.75) is 6.92 Å². The summed E-state index contributed by atoms with van der Waals surface area (Å²) < 4.78 is 28.4. The van der Waals surface area contributed by atoms with Gasteiger partial charge in [0.05, 0.1) is 25.1 Å². The SMILES string of the molecule is CCOC(=O)[C@@H]1CN(S(C)(=O)=O)C/C1=N/O. The minimum absolute atomic E-state index is 0.0307. The maximum atomic E-state index is 11.5. The zero-order chi connectivity index (χ0) is 12.3. The van der Waals surface area contributed by atoms with E-state index in [9.17, 15) is 13.2 Å². The second kappa shape index (κ2) is 4.79. The summed E-state index contributed by atoms with van der Waals surface area (Å²) in [5.74, 6) is -1.37. The van der Waals surface area contributed by atoms with Crippen LogP contribution in [0.15, 0.2) is 5.16 Å². The fraction of sp³-hybridized carbons (Fsp3) is 0.750. The molecule has 16 heavy (non-hydrogen) atoms. The van der Waals surface area contributed by atoms with Gasteiger partial charge in [0.2, 0.25) is 10.0 Å². The highest BCUT2D eigenvalue weighted by Crippen LogP contribution is 2.18. The van der Waals surface area contributed by atoms with Gasteiger partial charge in [0, 0.05) is 6.54 Å². The topological polar surface area (TPSA) is 96.3 Å². The predicted molar refractivity (Wildman–Crippen MR) is 55.8 cm³/mol. The molecule has 0 aromatic rings. The number of nitrogens with zero attached hydrogens (tertiary/aromatic N) is 2. The van der Waals surface area contributed by atoms with Crippen LogP contribution >= 0.6 is 0 Å². The molecular formula is C8H14N2O5S. The Hall–Kier alpha value is -1.15. The average Bonchev–Trinajstić information content (AvgIpc) is 2.61. The van der Waals surface area contributed by atoms with Crippen LogP contribution in [0.25, 0.3) is 0 Å². The molecule has 0 spiro atoms. The largest absolute Gasteiger partial charge is 0.465 e. The molecule has 1 atom stereocenters. The number of carbonyl (C=O) groups excluding carboxylic acids is 1. The Morgan fingerprint density at radius 1 is 1.69 bits per heavy atom. The molecule has 0 aromatic carbocycles. The third-order valence-electron chi connectivity index (χ3n) is 2.30. The number of sulfonamides is 1. The van der Waals surface area contributed by atoms with E-state index in [1.807, 2.05) is 0 Å². The van der Waals surface area contributed by atoms with E-state index in [1.165, 1.54) is 0 Å². The Bertz CT molecular complexity index is 403. The molecule has 1 saturated heterocycles. The molecular weight excluding hydrogens is 236 g/mol. The smallest absolute Gasteiger partial charge is 0.316 e. The highest BCUT2D eigenvalue weighted by molar-refractivity contribution is 7.88. The molecule has 1 aliphatic rings. The minimum Gasteiger partial charge on any atom is -0.465 e. The zero-order valence-corrected chi connectivity index (χ0v) is 9.90. The van der Waals surface area contributed by atoms with E-state index in [4.69, 9.17) is 9.94 Å². The quantitative estimate of drug-likeness (QED) is 0.405. The number of rotatable bonds is 3. The van der Waals surface area contributed by atoms with E-state index in [-0.39, 0.29) is 25.4 Å². The number of carbonyl (C=O) groups is 1. The van der Waals surface area contributed by atoms with Crippen molar-refractivity contribution >= 4 is 21.7 Å². The van der Waals surface area contributed by atoms with Crippen LogP contribution in [-0.2, 0) is 19.6 Å². The summed E-state index contributed by atoms with van der Waals surface area (Å²) in [7, 11) is -3.39. The number of esters is 1. The van der Waals surface area contributed by atoms with Gasteiger partial charge < -0.3 is 9.94 Å². The van der Waals surface area contributed by atoms with E-state index < -0.39 is 21.9 Å². The Labute approximate surface area is 93.7 Å². The molecule has 1 aliphatic heterocycles. The number of hydrogen-bond acceptors (Lipinski definition) is 6. The van der Waals surface area contributed by atoms with Crippen LogP contribution in [0.4, 0.5) is 0 Å². The van der Waals surface area contributed by atoms with Crippen LogP contribution in [0.3, 0.4) is 0 Å². The van der Waals surface area contributed by atoms with Crippen molar-refractivity contribution in [3.05, 3.63) is 0 Å². The first kappa shape index (κ1) is 12.9. The lowest BCUT2D eigenvalue weighted by Gasteiger charge is -2.11. The maximum absolute atomic E-state index is 11.5. The van der Waals surface area contributed by atoms with E-state index in [2.05, 4.69) is 5.16 Å². The first-order valence-corrected chi connectivity index (χ1v) is 6.57. The lowest BCUT2D eigenvalue weighted by Crippen LogP contribution is -2.29. The molecule has 0 radical (unpaired) electrons. The molecule has 8 heteroatoms. The molecule has 1 rings (SSSR count). The van der Waals surface area contributed by atoms with Gasteiger partial charge in [-0.05, 0) is 6.92 Å². The second-order valence-corrected chi connectivity index (χ2v) is 5.43. The van der Waals surface area contributed by atoms with Crippen LogP contribution in [0.2, 0.25) is 0 Å². The monoisotopic (exact) mass is 250 g/mol. The van der Waals surface area contributed by atoms with Gasteiger partial charge in [-0.2, -0.15) is 4.31 Å². The lowest BCUT2D eigenvalue weighted by atomic mass is 10.1. The first-order valence-electron chi connectivity index (χ1n) is 4.72. The van der Waals surface area contributed by atoms with Crippen molar-refractivity contribution in [3.63, 3.8) is 0 Å². The molecule has 0 aromatic heterocycles. The molecule has 1 heterocycles. The van der Waals surface area contributed by atoms with E-state index in [1.54, 1.807) is 6.92 Å². The normalized spacial score (nSPS) is 24.9. The highest BCUT2D eigenvalue weighted by atomic mass is 32.2. The maximum Gasteiger partial charge on any atom is 0.316 e. The molecule has 0 aliphatic carbocycles. The van der Waals surface area contributed by atoms with Crippen LogP contribution in [-0.4, -0.2) is 55.6 Å². The summed E-state index contributed by atoms with van der Waals surface area (Å²) in [6.07, 6.45) is 1.04. The van der Waals surface area contributed by atoms with Crippen LogP contribution in [0.1, 0.15) is 6.92 Å². The highest BCUT2D eigenvalue weighted by Gasteiger charge is 2.39. The van der Waals surface area contributed by atoms with Crippen molar-refractivity contribution in [1.82, 2.24) is 4.31 Å². The molecule has 92 valence electrons. The molecule has 1 N–H and O–H groups in total. The number of ether oxygens (including phenoxy) is 1. The summed E-state index contributed by atoms with van der Waals surface area (Å²) in [6, 6.07) is 0. The Morgan fingerprint density at radius 3 is 2.75 bits per heavy atom. The van der Waals surface area contributed by atoms with Crippen molar-refractivity contribution in [1.29, 1.82) is 0 Å². The Balaban J connectivity index is 2.85. The predicted octanol–water partition coefficient (Wildman–Crippen LogP) is -0.729. The molecule has 7 nitrogen and oxygen atoms in total. The second-order valence-electron chi connectivity index (χ2n) is 3.45. The van der Waals surface area contributed by atoms with Crippen LogP contribution in [0, 0.1) is 5.92 Å². The number of oxime groups is 1. The molecule has 0 saturated carbocycles. The van der Waals surface area contributed by atoms with Crippen molar-refractivity contribution in [2.75, 3.05) is 26.0 Å². The summed E-state index contributed by atoms with van der Waals surface area (Å²) in [5, 5.41) is 11.6. The first-order chi connectivity index (χ1) is 7.40. The third kappa shape index (κ3) is 2.70. The van der Waals surface area contributed by atoms with Gasteiger partial charge in [0.25, 0.3) is 0 Å². The van der Waals surface area contributed by atoms with Gasteiger partial charge in [-0.3, -0.25) is 4.79 Å². The van der Waals surface area contributed by atoms with Gasteiger partial charge in [-0.25, -0.2) is 8.42 Å². The fourth-order valence-corrected chi connectivity index (χ4v) is 2.26. The average molecular weight is 250 g/mol. The van der Waals surface area contributed by atoms with Gasteiger partial charge in [0.15, 0.2) is 0 Å². The summed E-state index contributed by atoms with van der Waals surface area (Å²) in [5.41, 5.74) is 0.115. The van der Waals surface area contributed by atoms with Crippen molar-refractivity contribution in [2.24, 2.45) is 11.1 Å². The minimum atomic E-state index is -3.39. The molecule has 0 amide bonds. The van der Waals surface area contributed by atoms with Crippen molar-refractivity contribution in [3.8, 4) is 0 Å². The standard InChI is InChI=1S/C8H14N2O5S/c1-3-15-8(11)6-4-10(16(2,13)14)5-7(6)9-12/h6,12H,3-5H2,1-2H3/b9-7-/t6-/m1/s1. The van der Waals surface area contributed by atoms with Gasteiger partial charge in [0.1, 0.15) is 5.92 Å².